The van der Waals surface area contributed by atoms with E-state index >= 15 is 0 Å². The molecule has 0 aliphatic carbocycles. The molecule has 0 amide bonds. The average molecular weight is 252 g/mol. The average Bonchev–Trinajstić information content (AvgIpc) is 2.74. The van der Waals surface area contributed by atoms with Crippen LogP contribution in [0.25, 0.3) is 0 Å². The van der Waals surface area contributed by atoms with Gasteiger partial charge < -0.3 is 5.11 Å². The Morgan fingerprint density at radius 3 is 2.82 bits per heavy atom. The molecule has 2 aromatic rings. The van der Waals surface area contributed by atoms with Crippen molar-refractivity contribution in [3.8, 4) is 0 Å². The molecule has 2 N–H and O–H groups in total. The number of aromatic amines is 1. The van der Waals surface area contributed by atoms with Crippen LogP contribution in [0.15, 0.2) is 32.6 Å². The van der Waals surface area contributed by atoms with Crippen LogP contribution in [-0.4, -0.2) is 20.6 Å². The Morgan fingerprint density at radius 2 is 2.24 bits per heavy atom. The molecule has 0 saturated carbocycles. The lowest BCUT2D eigenvalue weighted by atomic mass is 10.3. The van der Waals surface area contributed by atoms with Crippen molar-refractivity contribution >= 4 is 17.3 Å². The monoisotopic (exact) mass is 252 g/mol. The number of rotatable bonds is 3. The van der Waals surface area contributed by atoms with E-state index in [0.29, 0.717) is 0 Å². The second kappa shape index (κ2) is 4.38. The molecule has 0 atom stereocenters. The van der Waals surface area contributed by atoms with Crippen LogP contribution >= 0.6 is 11.3 Å². The van der Waals surface area contributed by atoms with Gasteiger partial charge in [-0.25, -0.2) is 9.59 Å². The van der Waals surface area contributed by atoms with Crippen molar-refractivity contribution in [2.24, 2.45) is 0 Å². The molecule has 17 heavy (non-hydrogen) atoms. The normalized spacial score (nSPS) is 10.4. The summed E-state index contributed by atoms with van der Waals surface area (Å²) in [5.41, 5.74) is -1.07. The second-order valence-corrected chi connectivity index (χ2v) is 4.15. The molecule has 2 aromatic heterocycles. The van der Waals surface area contributed by atoms with Gasteiger partial charge in [-0.05, 0) is 22.4 Å². The van der Waals surface area contributed by atoms with E-state index in [9.17, 15) is 14.4 Å². The van der Waals surface area contributed by atoms with Gasteiger partial charge in [0, 0.05) is 6.20 Å². The molecule has 2 heterocycles. The van der Waals surface area contributed by atoms with Gasteiger partial charge in [-0.2, -0.15) is 11.3 Å². The fourth-order valence-corrected chi connectivity index (χ4v) is 2.02. The third-order valence-electron chi connectivity index (χ3n) is 2.17. The number of aromatic nitrogens is 2. The Labute approximate surface area is 98.8 Å². The van der Waals surface area contributed by atoms with E-state index in [-0.39, 0.29) is 6.54 Å². The number of carboxylic acid groups (broad SMARTS) is 1. The highest BCUT2D eigenvalue weighted by Gasteiger charge is 2.11. The Morgan fingerprint density at radius 1 is 1.47 bits per heavy atom. The van der Waals surface area contributed by atoms with E-state index in [0.717, 1.165) is 16.3 Å². The number of hydrogen-bond donors (Lipinski definition) is 2. The maximum Gasteiger partial charge on any atom is 0.342 e. The number of H-pyrrole nitrogens is 1. The highest BCUT2D eigenvalue weighted by Crippen LogP contribution is 2.06. The highest BCUT2D eigenvalue weighted by molar-refractivity contribution is 7.07. The van der Waals surface area contributed by atoms with Crippen molar-refractivity contribution in [2.75, 3.05) is 0 Å². The molecule has 0 aromatic carbocycles. The van der Waals surface area contributed by atoms with Crippen LogP contribution in [0.1, 0.15) is 15.9 Å². The molecule has 2 rings (SSSR count). The van der Waals surface area contributed by atoms with Gasteiger partial charge in [-0.15, -0.1) is 0 Å². The van der Waals surface area contributed by atoms with Crippen molar-refractivity contribution in [1.29, 1.82) is 0 Å². The van der Waals surface area contributed by atoms with Gasteiger partial charge in [0.1, 0.15) is 5.56 Å². The summed E-state index contributed by atoms with van der Waals surface area (Å²) in [5.74, 6) is -1.36. The predicted octanol–water partition coefficient (Wildman–Crippen LogP) is 0.345. The third-order valence-corrected chi connectivity index (χ3v) is 2.91. The topological polar surface area (TPSA) is 92.2 Å². The molecule has 0 unspecified atom stereocenters. The van der Waals surface area contributed by atoms with Gasteiger partial charge in [0.25, 0.3) is 5.56 Å². The maximum atomic E-state index is 11.5. The van der Waals surface area contributed by atoms with E-state index in [1.807, 2.05) is 21.8 Å². The molecule has 0 saturated heterocycles. The summed E-state index contributed by atoms with van der Waals surface area (Å²) in [6.45, 7) is 0.236. The molecular weight excluding hydrogens is 244 g/mol. The van der Waals surface area contributed by atoms with Crippen molar-refractivity contribution in [3.63, 3.8) is 0 Å². The lowest BCUT2D eigenvalue weighted by Crippen LogP contribution is -2.33. The molecule has 0 aliphatic heterocycles. The van der Waals surface area contributed by atoms with E-state index < -0.39 is 22.8 Å². The summed E-state index contributed by atoms with van der Waals surface area (Å²) in [6.07, 6.45) is 1.06. The van der Waals surface area contributed by atoms with E-state index in [1.165, 1.54) is 11.3 Å². The van der Waals surface area contributed by atoms with Crippen molar-refractivity contribution in [3.05, 3.63) is 55.0 Å². The van der Waals surface area contributed by atoms with Crippen LogP contribution < -0.4 is 11.2 Å². The fraction of sp³-hybridized carbons (Fsp3) is 0.100. The first-order valence-electron chi connectivity index (χ1n) is 4.66. The third kappa shape index (κ3) is 2.34. The van der Waals surface area contributed by atoms with E-state index in [4.69, 9.17) is 5.11 Å². The van der Waals surface area contributed by atoms with Gasteiger partial charge in [-0.3, -0.25) is 14.3 Å². The molecule has 0 aliphatic rings. The number of nitrogens with one attached hydrogen (secondary N) is 1. The Balaban J connectivity index is 2.47. The summed E-state index contributed by atoms with van der Waals surface area (Å²) in [4.78, 5) is 35.4. The molecule has 88 valence electrons. The molecule has 0 radical (unpaired) electrons. The van der Waals surface area contributed by atoms with Gasteiger partial charge in [-0.1, -0.05) is 0 Å². The van der Waals surface area contributed by atoms with Crippen LogP contribution in [0.3, 0.4) is 0 Å². The molecule has 0 spiro atoms. The van der Waals surface area contributed by atoms with Crippen LogP contribution in [0.5, 0.6) is 0 Å². The van der Waals surface area contributed by atoms with Crippen molar-refractivity contribution in [1.82, 2.24) is 9.55 Å². The number of aromatic carboxylic acids is 1. The van der Waals surface area contributed by atoms with Crippen LogP contribution in [-0.2, 0) is 6.54 Å². The minimum absolute atomic E-state index is 0.236. The zero-order valence-electron chi connectivity index (χ0n) is 8.54. The Bertz CT molecular complexity index is 654. The van der Waals surface area contributed by atoms with Gasteiger partial charge in [0.15, 0.2) is 0 Å². The van der Waals surface area contributed by atoms with E-state index in [1.54, 1.807) is 0 Å². The first kappa shape index (κ1) is 11.3. The minimum atomic E-state index is -1.36. The molecule has 7 heteroatoms. The number of hydrogen-bond acceptors (Lipinski definition) is 4. The largest absolute Gasteiger partial charge is 0.477 e. The Hall–Kier alpha value is -2.15. The number of nitrogens with zero attached hydrogens (tertiary/aromatic N) is 1. The number of thiophene rings is 1. The van der Waals surface area contributed by atoms with Crippen LogP contribution in [0, 0.1) is 0 Å². The van der Waals surface area contributed by atoms with Gasteiger partial charge in [0.05, 0.1) is 6.54 Å². The molecule has 6 nitrogen and oxygen atoms in total. The van der Waals surface area contributed by atoms with Crippen LogP contribution in [0.2, 0.25) is 0 Å². The standard InChI is InChI=1S/C10H8N2O4S/c13-8-7(9(14)15)4-12(10(16)11-8)3-6-1-2-17-5-6/h1-2,4-5H,3H2,(H,14,15)(H,11,13,16). The first-order chi connectivity index (χ1) is 8.08. The highest BCUT2D eigenvalue weighted by atomic mass is 32.1. The first-order valence-corrected chi connectivity index (χ1v) is 5.60. The van der Waals surface area contributed by atoms with Gasteiger partial charge in [0.2, 0.25) is 0 Å². The van der Waals surface area contributed by atoms with E-state index in [2.05, 4.69) is 0 Å². The summed E-state index contributed by atoms with van der Waals surface area (Å²) in [6, 6.07) is 1.82. The zero-order chi connectivity index (χ0) is 12.4. The fourth-order valence-electron chi connectivity index (χ4n) is 1.36. The SMILES string of the molecule is O=C(O)c1cn(Cc2ccsc2)c(=O)[nH]c1=O. The van der Waals surface area contributed by atoms with Gasteiger partial charge >= 0.3 is 11.7 Å². The lowest BCUT2D eigenvalue weighted by Gasteiger charge is -2.03. The second-order valence-electron chi connectivity index (χ2n) is 3.37. The lowest BCUT2D eigenvalue weighted by molar-refractivity contribution is 0.0693. The summed E-state index contributed by atoms with van der Waals surface area (Å²) < 4.78 is 1.16. The summed E-state index contributed by atoms with van der Waals surface area (Å²) in [5, 5.41) is 12.5. The molecular formula is C10H8N2O4S. The van der Waals surface area contributed by atoms with Crippen molar-refractivity contribution < 1.29 is 9.90 Å². The zero-order valence-corrected chi connectivity index (χ0v) is 9.36. The summed E-state index contributed by atoms with van der Waals surface area (Å²) in [7, 11) is 0. The summed E-state index contributed by atoms with van der Waals surface area (Å²) >= 11 is 1.47. The molecule has 0 fully saturated rings. The van der Waals surface area contributed by atoms with Crippen molar-refractivity contribution in [2.45, 2.75) is 6.54 Å². The number of carbonyl (C=O) groups is 1. The Kier molecular flexibility index (Phi) is 2.92. The quantitative estimate of drug-likeness (QED) is 0.824. The number of carboxylic acids is 1. The minimum Gasteiger partial charge on any atom is -0.477 e. The smallest absolute Gasteiger partial charge is 0.342 e. The molecule has 0 bridgehead atoms. The predicted molar refractivity (Wildman–Crippen MR) is 61.7 cm³/mol. The maximum absolute atomic E-state index is 11.5. The van der Waals surface area contributed by atoms with Crippen LogP contribution in [0.4, 0.5) is 0 Å².